The first-order valence-corrected chi connectivity index (χ1v) is 8.56. The second-order valence-corrected chi connectivity index (χ2v) is 6.64. The maximum absolute atomic E-state index is 13.0. The number of benzene rings is 2. The van der Waals surface area contributed by atoms with E-state index in [4.69, 9.17) is 0 Å². The van der Waals surface area contributed by atoms with Gasteiger partial charge in [0, 0.05) is 10.9 Å². The summed E-state index contributed by atoms with van der Waals surface area (Å²) >= 11 is 4.60. The predicted molar refractivity (Wildman–Crippen MR) is 96.8 cm³/mol. The van der Waals surface area contributed by atoms with Crippen LogP contribution < -0.4 is 0 Å². The van der Waals surface area contributed by atoms with E-state index in [0.29, 0.717) is 20.7 Å². The molecule has 0 radical (unpaired) electrons. The van der Waals surface area contributed by atoms with E-state index in [-0.39, 0.29) is 11.6 Å². The minimum Gasteiger partial charge on any atom is -0.507 e. The van der Waals surface area contributed by atoms with E-state index in [1.165, 1.54) is 23.5 Å². The van der Waals surface area contributed by atoms with Crippen molar-refractivity contribution in [1.29, 1.82) is 5.26 Å². The fourth-order valence-electron chi connectivity index (χ4n) is 2.07. The zero-order valence-corrected chi connectivity index (χ0v) is 14.6. The second kappa shape index (κ2) is 6.95. The molecular weight excluding hydrogens is 391 g/mol. The minimum absolute atomic E-state index is 0.138. The summed E-state index contributed by atoms with van der Waals surface area (Å²) < 4.78 is 13.6. The SMILES string of the molecule is N#CC(=Cc1ccc(O)c(Br)c1)c1nc(-c2ccc(F)cc2)cs1. The van der Waals surface area contributed by atoms with Crippen molar-refractivity contribution in [3.8, 4) is 23.1 Å². The van der Waals surface area contributed by atoms with Gasteiger partial charge in [0.1, 0.15) is 22.6 Å². The second-order valence-electron chi connectivity index (χ2n) is 4.93. The van der Waals surface area contributed by atoms with Crippen LogP contribution in [0.15, 0.2) is 52.3 Å². The molecule has 3 rings (SSSR count). The molecule has 0 aliphatic rings. The van der Waals surface area contributed by atoms with Crippen LogP contribution >= 0.6 is 27.3 Å². The van der Waals surface area contributed by atoms with Crippen molar-refractivity contribution in [2.75, 3.05) is 0 Å². The Hall–Kier alpha value is -2.49. The molecule has 0 saturated heterocycles. The summed E-state index contributed by atoms with van der Waals surface area (Å²) in [4.78, 5) is 4.46. The van der Waals surface area contributed by atoms with Gasteiger partial charge >= 0.3 is 0 Å². The number of nitrogens with zero attached hydrogens (tertiary/aromatic N) is 2. The first kappa shape index (κ1) is 16.4. The molecule has 0 unspecified atom stereocenters. The highest BCUT2D eigenvalue weighted by molar-refractivity contribution is 9.10. The Kier molecular flexibility index (Phi) is 4.74. The molecule has 0 amide bonds. The lowest BCUT2D eigenvalue weighted by Crippen LogP contribution is -1.83. The van der Waals surface area contributed by atoms with Crippen molar-refractivity contribution in [3.63, 3.8) is 0 Å². The van der Waals surface area contributed by atoms with E-state index < -0.39 is 0 Å². The Morgan fingerprint density at radius 3 is 2.67 bits per heavy atom. The van der Waals surface area contributed by atoms with E-state index in [1.54, 1.807) is 36.4 Å². The summed E-state index contributed by atoms with van der Waals surface area (Å²) in [6.45, 7) is 0. The number of hydrogen-bond acceptors (Lipinski definition) is 4. The van der Waals surface area contributed by atoms with Gasteiger partial charge in [0.05, 0.1) is 15.7 Å². The summed E-state index contributed by atoms with van der Waals surface area (Å²) in [6, 6.07) is 13.2. The van der Waals surface area contributed by atoms with E-state index in [1.807, 2.05) is 5.38 Å². The maximum Gasteiger partial charge on any atom is 0.134 e. The monoisotopic (exact) mass is 400 g/mol. The van der Waals surface area contributed by atoms with Crippen LogP contribution in [0.4, 0.5) is 4.39 Å². The molecule has 3 aromatic rings. The van der Waals surface area contributed by atoms with Crippen LogP contribution in [0.2, 0.25) is 0 Å². The standard InChI is InChI=1S/C18H10BrFN2OS/c19-15-8-11(1-6-17(15)23)7-13(9-21)18-22-16(10-24-18)12-2-4-14(20)5-3-12/h1-8,10,23H. The van der Waals surface area contributed by atoms with Crippen LogP contribution in [0, 0.1) is 17.1 Å². The molecule has 2 aromatic carbocycles. The lowest BCUT2D eigenvalue weighted by Gasteiger charge is -1.99. The largest absolute Gasteiger partial charge is 0.507 e. The molecule has 1 N–H and O–H groups in total. The summed E-state index contributed by atoms with van der Waals surface area (Å²) in [7, 11) is 0. The highest BCUT2D eigenvalue weighted by Crippen LogP contribution is 2.29. The van der Waals surface area contributed by atoms with E-state index in [0.717, 1.165) is 11.1 Å². The lowest BCUT2D eigenvalue weighted by molar-refractivity contribution is 0.472. The summed E-state index contributed by atoms with van der Waals surface area (Å²) in [5.41, 5.74) is 2.69. The van der Waals surface area contributed by atoms with Crippen molar-refractivity contribution in [2.45, 2.75) is 0 Å². The normalized spacial score (nSPS) is 11.3. The van der Waals surface area contributed by atoms with Crippen molar-refractivity contribution < 1.29 is 9.50 Å². The third kappa shape index (κ3) is 3.53. The highest BCUT2D eigenvalue weighted by atomic mass is 79.9. The van der Waals surface area contributed by atoms with Crippen molar-refractivity contribution in [1.82, 2.24) is 4.98 Å². The smallest absolute Gasteiger partial charge is 0.134 e. The number of aromatic hydroxyl groups is 1. The molecule has 0 bridgehead atoms. The molecule has 0 aliphatic heterocycles. The summed E-state index contributed by atoms with van der Waals surface area (Å²) in [5.74, 6) is -0.164. The Bertz CT molecular complexity index is 958. The van der Waals surface area contributed by atoms with Crippen LogP contribution in [-0.2, 0) is 0 Å². The van der Waals surface area contributed by atoms with Crippen LogP contribution in [0.25, 0.3) is 22.9 Å². The Balaban J connectivity index is 1.94. The van der Waals surface area contributed by atoms with Gasteiger partial charge in [-0.2, -0.15) is 5.26 Å². The van der Waals surface area contributed by atoms with Crippen LogP contribution in [-0.4, -0.2) is 10.1 Å². The lowest BCUT2D eigenvalue weighted by atomic mass is 10.1. The fourth-order valence-corrected chi connectivity index (χ4v) is 3.26. The van der Waals surface area contributed by atoms with Crippen molar-refractivity contribution in [2.24, 2.45) is 0 Å². The topological polar surface area (TPSA) is 56.9 Å². The maximum atomic E-state index is 13.0. The Labute approximate surface area is 150 Å². The minimum atomic E-state index is -0.301. The van der Waals surface area contributed by atoms with Gasteiger partial charge in [-0.25, -0.2) is 9.37 Å². The number of phenolic OH excluding ortho intramolecular Hbond substituents is 1. The van der Waals surface area contributed by atoms with Crippen LogP contribution in [0.5, 0.6) is 5.75 Å². The molecular formula is C18H10BrFN2OS. The third-order valence-electron chi connectivity index (χ3n) is 3.28. The van der Waals surface area contributed by atoms with Crippen molar-refractivity contribution >= 4 is 38.9 Å². The number of rotatable bonds is 3. The van der Waals surface area contributed by atoms with Gasteiger partial charge < -0.3 is 5.11 Å². The molecule has 118 valence electrons. The zero-order valence-electron chi connectivity index (χ0n) is 12.2. The first-order valence-electron chi connectivity index (χ1n) is 6.89. The number of halogens is 2. The quantitative estimate of drug-likeness (QED) is 0.591. The zero-order chi connectivity index (χ0) is 17.1. The van der Waals surface area contributed by atoms with Gasteiger partial charge in [0.25, 0.3) is 0 Å². The molecule has 3 nitrogen and oxygen atoms in total. The van der Waals surface area contributed by atoms with Gasteiger partial charge in [-0.05, 0) is 64.0 Å². The van der Waals surface area contributed by atoms with Gasteiger partial charge in [0.2, 0.25) is 0 Å². The Morgan fingerprint density at radius 1 is 1.25 bits per heavy atom. The van der Waals surface area contributed by atoms with E-state index in [2.05, 4.69) is 27.0 Å². The molecule has 0 fully saturated rings. The first-order chi connectivity index (χ1) is 11.6. The van der Waals surface area contributed by atoms with E-state index in [9.17, 15) is 14.8 Å². The molecule has 6 heteroatoms. The van der Waals surface area contributed by atoms with E-state index >= 15 is 0 Å². The third-order valence-corrected chi connectivity index (χ3v) is 4.79. The van der Waals surface area contributed by atoms with Gasteiger partial charge in [-0.15, -0.1) is 11.3 Å². The number of allylic oxidation sites excluding steroid dienone is 1. The predicted octanol–water partition coefficient (Wildman–Crippen LogP) is 5.48. The van der Waals surface area contributed by atoms with Gasteiger partial charge in [-0.1, -0.05) is 6.07 Å². The molecule has 0 aliphatic carbocycles. The molecule has 0 spiro atoms. The summed E-state index contributed by atoms with van der Waals surface area (Å²) in [6.07, 6.45) is 1.71. The highest BCUT2D eigenvalue weighted by Gasteiger charge is 2.10. The van der Waals surface area contributed by atoms with Gasteiger partial charge in [-0.3, -0.25) is 0 Å². The molecule has 24 heavy (non-hydrogen) atoms. The van der Waals surface area contributed by atoms with Crippen LogP contribution in [0.3, 0.4) is 0 Å². The number of hydrogen-bond donors (Lipinski definition) is 1. The van der Waals surface area contributed by atoms with Crippen LogP contribution in [0.1, 0.15) is 10.6 Å². The average Bonchev–Trinajstić information content (AvgIpc) is 3.06. The fraction of sp³-hybridized carbons (Fsp3) is 0. The number of nitriles is 1. The Morgan fingerprint density at radius 2 is 2.00 bits per heavy atom. The van der Waals surface area contributed by atoms with Crippen molar-refractivity contribution in [3.05, 3.63) is 68.7 Å². The molecule has 1 heterocycles. The molecule has 0 atom stereocenters. The molecule has 0 saturated carbocycles. The summed E-state index contributed by atoms with van der Waals surface area (Å²) in [5, 5.41) is 21.4. The van der Waals surface area contributed by atoms with Gasteiger partial charge in [0.15, 0.2) is 0 Å². The average molecular weight is 401 g/mol. The number of thiazole rings is 1. The number of aromatic nitrogens is 1. The number of phenols is 1. The molecule has 1 aromatic heterocycles.